The molecule has 0 heterocycles. The van der Waals surface area contributed by atoms with E-state index in [1.54, 1.807) is 0 Å². The summed E-state index contributed by atoms with van der Waals surface area (Å²) in [6, 6.07) is 0. The molecule has 0 unspecified atom stereocenters. The van der Waals surface area contributed by atoms with Gasteiger partial charge in [-0.3, -0.25) is 0 Å². The van der Waals surface area contributed by atoms with Gasteiger partial charge in [0.1, 0.15) is 0 Å². The second-order valence-corrected chi connectivity index (χ2v) is 2.12. The molecule has 0 N–H and O–H groups in total. The summed E-state index contributed by atoms with van der Waals surface area (Å²) < 4.78 is 9.08. The average molecular weight is 116 g/mol. The van der Waals surface area contributed by atoms with Crippen LogP contribution in [0.25, 0.3) is 0 Å². The van der Waals surface area contributed by atoms with Gasteiger partial charge in [0, 0.05) is 0 Å². The Morgan fingerprint density at radius 3 is 1.75 bits per heavy atom. The quantitative estimate of drug-likeness (QED) is 0.317. The third-order valence-electron chi connectivity index (χ3n) is 0. The Morgan fingerprint density at radius 1 is 1.75 bits per heavy atom. The van der Waals surface area contributed by atoms with Crippen LogP contribution in [0.4, 0.5) is 0 Å². The van der Waals surface area contributed by atoms with Gasteiger partial charge >= 0.3 is 64.9 Å². The molecule has 4 heavy (non-hydrogen) atoms. The first kappa shape index (κ1) is 9.26. The van der Waals surface area contributed by atoms with Gasteiger partial charge in [-0.1, -0.05) is 0 Å². The fourth-order valence-electron chi connectivity index (χ4n) is 0. The van der Waals surface area contributed by atoms with E-state index in [-0.39, 0.29) is 52.2 Å². The Bertz CT molecular complexity index is 15.5. The van der Waals surface area contributed by atoms with Gasteiger partial charge in [-0.25, -0.2) is 0 Å². The summed E-state index contributed by atoms with van der Waals surface area (Å²) >= 11 is -0.361. The van der Waals surface area contributed by atoms with Crippen LogP contribution in [0, 0.1) is 0 Å². The van der Waals surface area contributed by atoms with E-state index in [0.717, 1.165) is 8.80 Å². The van der Waals surface area contributed by atoms with E-state index in [0.29, 0.717) is 0 Å². The molecule has 0 atom stereocenters. The Morgan fingerprint density at radius 2 is 1.75 bits per heavy atom. The maximum atomic E-state index is 9.08. The molecule has 0 aliphatic carbocycles. The van der Waals surface area contributed by atoms with Crippen LogP contribution in [-0.4, -0.2) is 61.0 Å². The van der Waals surface area contributed by atoms with Gasteiger partial charge in [0.15, 0.2) is 0 Å². The minimum absolute atomic E-state index is 0. The molecule has 0 aliphatic rings. The maximum absolute atomic E-state index is 9.08. The van der Waals surface area contributed by atoms with E-state index in [2.05, 4.69) is 0 Å². The first-order chi connectivity index (χ1) is 1.41. The molecule has 0 aromatic carbocycles. The topological polar surface area (TPSA) is 17.1 Å². The molecular formula is H5AlCaOSi. The molecule has 0 spiro atoms. The fraction of sp³-hybridized carbons (Fsp3) is 0. The first-order valence-electron chi connectivity index (χ1n) is 0.813. The van der Waals surface area contributed by atoms with Crippen LogP contribution in [0.1, 0.15) is 0 Å². The Balaban J connectivity index is 0. The zero-order valence-corrected chi connectivity index (χ0v) is 5.14. The van der Waals surface area contributed by atoms with E-state index < -0.39 is 0 Å². The van der Waals surface area contributed by atoms with Gasteiger partial charge in [0.05, 0.1) is 0 Å². The van der Waals surface area contributed by atoms with Gasteiger partial charge < -0.3 is 0 Å². The third kappa shape index (κ3) is 9.18. The monoisotopic (exact) mass is 116 g/mol. The van der Waals surface area contributed by atoms with Crippen molar-refractivity contribution in [1.82, 2.24) is 0 Å². The van der Waals surface area contributed by atoms with Gasteiger partial charge in [0.2, 0.25) is 0 Å². The molecule has 0 bridgehead atoms. The van der Waals surface area contributed by atoms with Crippen molar-refractivity contribution in [2.45, 2.75) is 0 Å². The second-order valence-electron chi connectivity index (χ2n) is 0.236. The number of rotatable bonds is 0. The molecule has 0 aromatic rings. The molecule has 0 amide bonds. The molecule has 1 nitrogen and oxygen atoms in total. The summed E-state index contributed by atoms with van der Waals surface area (Å²) in [5, 5.41) is 0. The van der Waals surface area contributed by atoms with Crippen molar-refractivity contribution in [3.05, 3.63) is 0 Å². The molecule has 20 valence electrons. The van der Waals surface area contributed by atoms with E-state index in [1.165, 1.54) is 0 Å². The van der Waals surface area contributed by atoms with Crippen LogP contribution in [0.5, 0.6) is 0 Å². The molecular weight excluding hydrogens is 111 g/mol. The van der Waals surface area contributed by atoms with Crippen molar-refractivity contribution in [2.75, 3.05) is 0 Å². The van der Waals surface area contributed by atoms with E-state index in [4.69, 9.17) is 3.80 Å². The van der Waals surface area contributed by atoms with Crippen molar-refractivity contribution in [2.24, 2.45) is 0 Å². The Kier molecular flexibility index (Phi) is 20.5. The van der Waals surface area contributed by atoms with Gasteiger partial charge in [-0.05, 0) is 0 Å². The van der Waals surface area contributed by atoms with Crippen LogP contribution in [0.15, 0.2) is 0 Å². The van der Waals surface area contributed by atoms with E-state index in [9.17, 15) is 0 Å². The Labute approximate surface area is 63.9 Å². The van der Waals surface area contributed by atoms with Crippen molar-refractivity contribution in [3.63, 3.8) is 0 Å². The molecule has 0 saturated carbocycles. The van der Waals surface area contributed by atoms with Crippen LogP contribution < -0.4 is 0 Å². The summed E-state index contributed by atoms with van der Waals surface area (Å²) in [5.41, 5.74) is 0. The van der Waals surface area contributed by atoms with Crippen LogP contribution in [-0.2, 0) is 3.80 Å². The van der Waals surface area contributed by atoms with Crippen molar-refractivity contribution < 1.29 is 3.80 Å². The van der Waals surface area contributed by atoms with Crippen molar-refractivity contribution in [1.29, 1.82) is 0 Å². The van der Waals surface area contributed by atoms with Crippen molar-refractivity contribution in [3.8, 4) is 0 Å². The fourth-order valence-corrected chi connectivity index (χ4v) is 0. The summed E-state index contributed by atoms with van der Waals surface area (Å²) in [7, 11) is 0.897. The normalized spacial score (nSPS) is 3.00. The summed E-state index contributed by atoms with van der Waals surface area (Å²) in [6.45, 7) is 0. The molecule has 0 aromatic heterocycles. The SMILES string of the molecule is [CaH2].[O]=[Al][SiH3]. The Hall–Kier alpha value is 1.81. The summed E-state index contributed by atoms with van der Waals surface area (Å²) in [6.07, 6.45) is 0. The number of hydrogen-bond acceptors (Lipinski definition) is 1. The number of hydrogen-bond donors (Lipinski definition) is 0. The zero-order valence-electron chi connectivity index (χ0n) is 1.99. The predicted molar refractivity (Wildman–Crippen MR) is 24.9 cm³/mol. The van der Waals surface area contributed by atoms with Crippen molar-refractivity contribution >= 4 is 61.0 Å². The zero-order chi connectivity index (χ0) is 2.71. The standard InChI is InChI=1S/Al.Ca.O.H3Si.2H/h;;;1H3;;. The van der Waals surface area contributed by atoms with Gasteiger partial charge in [-0.15, -0.1) is 0 Å². The summed E-state index contributed by atoms with van der Waals surface area (Å²) in [5.74, 6) is 0. The second kappa shape index (κ2) is 8.84. The van der Waals surface area contributed by atoms with Crippen LogP contribution >= 0.6 is 0 Å². The van der Waals surface area contributed by atoms with E-state index in [1.807, 2.05) is 0 Å². The van der Waals surface area contributed by atoms with Crippen LogP contribution in [0.2, 0.25) is 0 Å². The van der Waals surface area contributed by atoms with Crippen LogP contribution in [0.3, 0.4) is 0 Å². The third-order valence-corrected chi connectivity index (χ3v) is 0. The average Bonchev–Trinajstić information content (AvgIpc) is 0.918. The molecule has 0 fully saturated rings. The molecule has 0 rings (SSSR count). The molecule has 0 aliphatic heterocycles. The molecule has 4 heteroatoms. The predicted octanol–water partition coefficient (Wildman–Crippen LogP) is -2.60. The molecule has 0 saturated heterocycles. The van der Waals surface area contributed by atoms with E-state index >= 15 is 0 Å². The van der Waals surface area contributed by atoms with Gasteiger partial charge in [0.25, 0.3) is 0 Å². The summed E-state index contributed by atoms with van der Waals surface area (Å²) in [4.78, 5) is 0. The van der Waals surface area contributed by atoms with Gasteiger partial charge in [-0.2, -0.15) is 0 Å². The minimum atomic E-state index is -0.361. The molecule has 0 radical (unpaired) electrons. The first-order valence-corrected chi connectivity index (χ1v) is 5.90.